The molecule has 0 saturated carbocycles. The molecule has 3 aliphatic rings. The van der Waals surface area contributed by atoms with Crippen molar-refractivity contribution in [2.24, 2.45) is 0 Å². The van der Waals surface area contributed by atoms with Crippen molar-refractivity contribution in [1.29, 1.82) is 0 Å². The molecule has 3 fully saturated rings. The van der Waals surface area contributed by atoms with E-state index in [0.29, 0.717) is 13.1 Å². The second-order valence-electron chi connectivity index (χ2n) is 9.32. The summed E-state index contributed by atoms with van der Waals surface area (Å²) in [5.74, 6) is 0.446. The lowest BCUT2D eigenvalue weighted by molar-refractivity contribution is -1.07. The molecule has 0 unspecified atom stereocenters. The van der Waals surface area contributed by atoms with Gasteiger partial charge in [-0.1, -0.05) is 48.5 Å². The maximum atomic E-state index is 13.3. The van der Waals surface area contributed by atoms with Crippen molar-refractivity contribution in [1.82, 2.24) is 0 Å². The Morgan fingerprint density at radius 1 is 0.750 bits per heavy atom. The van der Waals surface area contributed by atoms with Crippen LogP contribution in [0.25, 0.3) is 0 Å². The zero-order chi connectivity index (χ0) is 21.2. The molecule has 2 aromatic rings. The number of hydrogen-bond donors (Lipinski definition) is 0. The Hall–Kier alpha value is -1.92. The first-order valence-electron chi connectivity index (χ1n) is 11.1. The van der Waals surface area contributed by atoms with E-state index in [-0.39, 0.29) is 42.5 Å². The van der Waals surface area contributed by atoms with Crippen molar-refractivity contribution in [2.75, 3.05) is 57.3 Å². The van der Waals surface area contributed by atoms with Crippen LogP contribution < -0.4 is 29.7 Å². The second-order valence-corrected chi connectivity index (χ2v) is 9.32. The summed E-state index contributed by atoms with van der Waals surface area (Å²) in [5.41, 5.74) is 1.79. The molecule has 0 aliphatic carbocycles. The maximum Gasteiger partial charge on any atom is 0.282 e. The molecule has 5 rings (SSSR count). The number of carbonyl (C=O) groups is 2. The van der Waals surface area contributed by atoms with Crippen LogP contribution in [0, 0.1) is 0 Å². The number of ketones is 1. The third kappa shape index (κ3) is 5.52. The molecule has 0 atom stereocenters. The van der Waals surface area contributed by atoms with Crippen molar-refractivity contribution in [3.05, 3.63) is 66.2 Å². The largest absolute Gasteiger partial charge is 1.00 e. The van der Waals surface area contributed by atoms with Crippen molar-refractivity contribution in [3.8, 4) is 0 Å². The van der Waals surface area contributed by atoms with E-state index in [9.17, 15) is 9.59 Å². The molecule has 0 N–H and O–H groups in total. The number of hydrogen-bond acceptors (Lipinski definition) is 2. The molecule has 2 aromatic carbocycles. The molecule has 3 heterocycles. The van der Waals surface area contributed by atoms with Crippen LogP contribution in [0.4, 0.5) is 5.69 Å². The minimum atomic E-state index is 0. The maximum absolute atomic E-state index is 13.3. The molecule has 0 aromatic heterocycles. The van der Waals surface area contributed by atoms with Gasteiger partial charge >= 0.3 is 0 Å². The number of halogens is 2. The van der Waals surface area contributed by atoms with Gasteiger partial charge in [-0.2, -0.15) is 0 Å². The third-order valence-electron chi connectivity index (χ3n) is 7.01. The van der Waals surface area contributed by atoms with Crippen LogP contribution >= 0.6 is 0 Å². The van der Waals surface area contributed by atoms with E-state index in [1.807, 2.05) is 65.6 Å². The molecule has 3 saturated heterocycles. The van der Waals surface area contributed by atoms with Crippen LogP contribution in [0.1, 0.15) is 24.2 Å². The fraction of sp³-hybridized carbons (Fsp3) is 0.440. The lowest BCUT2D eigenvalue weighted by atomic mass is 10.0. The molecule has 0 spiro atoms. The van der Waals surface area contributed by atoms with E-state index in [2.05, 4.69) is 13.8 Å². The molecule has 5 nitrogen and oxygen atoms in total. The highest BCUT2D eigenvalue weighted by atomic mass is 35.5. The number of anilines is 1. The summed E-state index contributed by atoms with van der Waals surface area (Å²) < 4.78 is 1.75. The van der Waals surface area contributed by atoms with Crippen LogP contribution in [0.15, 0.2) is 60.7 Å². The normalized spacial score (nSPS) is 23.7. The summed E-state index contributed by atoms with van der Waals surface area (Å²) in [5, 5.41) is 0. The first-order chi connectivity index (χ1) is 14.4. The number of fused-ring (bicyclic) bond motifs is 3. The zero-order valence-electron chi connectivity index (χ0n) is 18.9. The lowest BCUT2D eigenvalue weighted by Gasteiger charge is -2.55. The van der Waals surface area contributed by atoms with Crippen molar-refractivity contribution >= 4 is 17.4 Å². The standard InChI is InChI=1S/C25H33N3O2.2ClH/c1-21(2)26(23-11-7-4-8-12-23)25(30)20-28-16-13-27(14-17-28,15-18-28)19-24(29)22-9-5-3-6-10-22;;/h3-12,21H,13-20H2,1-2H3;2*1H/q+2;;/p-2. The summed E-state index contributed by atoms with van der Waals surface area (Å²) in [7, 11) is 0. The SMILES string of the molecule is CC(C)N(C(=O)C[N+]12CC[N+](CC(=O)c3ccccc3)(CC1)CC2)c1ccccc1.[Cl-].[Cl-]. The highest BCUT2D eigenvalue weighted by Crippen LogP contribution is 2.28. The number of rotatable bonds is 7. The molecular weight excluding hydrogens is 445 g/mol. The van der Waals surface area contributed by atoms with Gasteiger partial charge in [0.1, 0.15) is 45.8 Å². The summed E-state index contributed by atoms with van der Waals surface area (Å²) in [6, 6.07) is 19.8. The van der Waals surface area contributed by atoms with Gasteiger partial charge in [0.25, 0.3) is 5.91 Å². The van der Waals surface area contributed by atoms with Gasteiger partial charge in [-0.3, -0.25) is 9.59 Å². The van der Waals surface area contributed by atoms with Gasteiger partial charge in [0.05, 0.1) is 0 Å². The number of piperazine rings is 3. The van der Waals surface area contributed by atoms with E-state index in [0.717, 1.165) is 59.5 Å². The molecular formula is C25H33Cl2N3O2. The number of para-hydroxylation sites is 1. The number of amides is 1. The molecule has 32 heavy (non-hydrogen) atoms. The first kappa shape index (κ1) is 26.3. The third-order valence-corrected chi connectivity index (χ3v) is 7.01. The van der Waals surface area contributed by atoms with Crippen LogP contribution in [0.3, 0.4) is 0 Å². The van der Waals surface area contributed by atoms with Crippen molar-refractivity contribution < 1.29 is 43.4 Å². The Morgan fingerprint density at radius 2 is 1.19 bits per heavy atom. The highest BCUT2D eigenvalue weighted by molar-refractivity contribution is 5.97. The summed E-state index contributed by atoms with van der Waals surface area (Å²) >= 11 is 0. The smallest absolute Gasteiger partial charge is 0.282 e. The zero-order valence-corrected chi connectivity index (χ0v) is 20.4. The summed E-state index contributed by atoms with van der Waals surface area (Å²) in [6.45, 7) is 11.2. The van der Waals surface area contributed by atoms with Crippen LogP contribution in [0.5, 0.6) is 0 Å². The number of Topliss-reactive ketones (excluding diaryl/α,β-unsaturated/α-hetero) is 1. The quantitative estimate of drug-likeness (QED) is 0.314. The minimum absolute atomic E-state index is 0. The van der Waals surface area contributed by atoms with Crippen molar-refractivity contribution in [3.63, 3.8) is 0 Å². The van der Waals surface area contributed by atoms with Gasteiger partial charge in [0.2, 0.25) is 5.78 Å². The number of nitrogens with zero attached hydrogens (tertiary/aromatic N) is 3. The van der Waals surface area contributed by atoms with Crippen LogP contribution in [0.2, 0.25) is 0 Å². The van der Waals surface area contributed by atoms with Gasteiger partial charge in [0.15, 0.2) is 6.54 Å². The van der Waals surface area contributed by atoms with E-state index in [4.69, 9.17) is 0 Å². The molecule has 2 bridgehead atoms. The predicted octanol–water partition coefficient (Wildman–Crippen LogP) is -3.02. The Kier molecular flexibility index (Phi) is 8.89. The fourth-order valence-electron chi connectivity index (χ4n) is 5.12. The Bertz CT molecular complexity index is 881. The van der Waals surface area contributed by atoms with Gasteiger partial charge in [-0.25, -0.2) is 0 Å². The van der Waals surface area contributed by atoms with Crippen LogP contribution in [-0.2, 0) is 4.79 Å². The molecule has 3 aliphatic heterocycles. The van der Waals surface area contributed by atoms with Gasteiger partial charge in [0, 0.05) is 17.3 Å². The van der Waals surface area contributed by atoms with E-state index in [1.165, 1.54) is 0 Å². The van der Waals surface area contributed by atoms with Gasteiger partial charge in [-0.15, -0.1) is 0 Å². The molecule has 1 amide bonds. The van der Waals surface area contributed by atoms with Crippen molar-refractivity contribution in [2.45, 2.75) is 19.9 Å². The van der Waals surface area contributed by atoms with Gasteiger partial charge in [-0.05, 0) is 26.0 Å². The Balaban J connectivity index is 0.00000181. The van der Waals surface area contributed by atoms with Gasteiger partial charge < -0.3 is 38.7 Å². The van der Waals surface area contributed by atoms with Crippen LogP contribution in [-0.4, -0.2) is 79.1 Å². The fourth-order valence-corrected chi connectivity index (χ4v) is 5.12. The number of quaternary nitrogens is 2. The minimum Gasteiger partial charge on any atom is -1.00 e. The monoisotopic (exact) mass is 477 g/mol. The summed E-state index contributed by atoms with van der Waals surface area (Å²) in [6.07, 6.45) is 0. The second kappa shape index (κ2) is 10.8. The summed E-state index contributed by atoms with van der Waals surface area (Å²) in [4.78, 5) is 28.1. The van der Waals surface area contributed by atoms with E-state index in [1.54, 1.807) is 0 Å². The predicted molar refractivity (Wildman–Crippen MR) is 119 cm³/mol. The molecule has 7 heteroatoms. The lowest BCUT2D eigenvalue weighted by Crippen LogP contribution is -3.00. The molecule has 174 valence electrons. The van der Waals surface area contributed by atoms with E-state index >= 15 is 0 Å². The topological polar surface area (TPSA) is 37.4 Å². The average Bonchev–Trinajstić information content (AvgIpc) is 2.76. The first-order valence-corrected chi connectivity index (χ1v) is 11.1. The molecule has 0 radical (unpaired) electrons. The Morgan fingerprint density at radius 3 is 1.66 bits per heavy atom. The number of benzene rings is 2. The Labute approximate surface area is 204 Å². The van der Waals surface area contributed by atoms with E-state index < -0.39 is 0 Å². The average molecular weight is 478 g/mol. The highest BCUT2D eigenvalue weighted by Gasteiger charge is 2.51. The number of carbonyl (C=O) groups excluding carboxylic acids is 2.